The molecule has 0 saturated carbocycles. The SMILES string of the molecule is O=C(COc1ccccc1Cl)Nc1ccc2[nH]ncc2c1. The molecule has 0 aliphatic rings. The minimum absolute atomic E-state index is 0.104. The number of carbonyl (C=O) groups is 1. The lowest BCUT2D eigenvalue weighted by molar-refractivity contribution is -0.118. The monoisotopic (exact) mass is 301 g/mol. The number of hydrogen-bond acceptors (Lipinski definition) is 3. The lowest BCUT2D eigenvalue weighted by Gasteiger charge is -2.08. The van der Waals surface area contributed by atoms with Gasteiger partial charge in [0, 0.05) is 11.1 Å². The van der Waals surface area contributed by atoms with Crippen molar-refractivity contribution in [2.24, 2.45) is 0 Å². The van der Waals surface area contributed by atoms with Crippen molar-refractivity contribution in [3.63, 3.8) is 0 Å². The molecule has 6 heteroatoms. The van der Waals surface area contributed by atoms with Gasteiger partial charge in [-0.15, -0.1) is 0 Å². The van der Waals surface area contributed by atoms with Gasteiger partial charge in [-0.2, -0.15) is 5.10 Å². The third-order valence-corrected chi connectivity index (χ3v) is 3.23. The summed E-state index contributed by atoms with van der Waals surface area (Å²) < 4.78 is 5.38. The summed E-state index contributed by atoms with van der Waals surface area (Å²) in [6, 6.07) is 12.5. The Hall–Kier alpha value is -2.53. The van der Waals surface area contributed by atoms with E-state index in [0.29, 0.717) is 16.5 Å². The van der Waals surface area contributed by atoms with Crippen molar-refractivity contribution in [1.82, 2.24) is 10.2 Å². The number of H-pyrrole nitrogens is 1. The zero-order valence-electron chi connectivity index (χ0n) is 11.0. The lowest BCUT2D eigenvalue weighted by Crippen LogP contribution is -2.20. The van der Waals surface area contributed by atoms with E-state index in [9.17, 15) is 4.79 Å². The van der Waals surface area contributed by atoms with Crippen LogP contribution < -0.4 is 10.1 Å². The van der Waals surface area contributed by atoms with Gasteiger partial charge in [0.05, 0.1) is 16.7 Å². The second kappa shape index (κ2) is 5.85. The Morgan fingerprint density at radius 3 is 3.00 bits per heavy atom. The summed E-state index contributed by atoms with van der Waals surface area (Å²) in [7, 11) is 0. The van der Waals surface area contributed by atoms with Gasteiger partial charge in [-0.25, -0.2) is 0 Å². The molecule has 0 bridgehead atoms. The molecule has 0 unspecified atom stereocenters. The van der Waals surface area contributed by atoms with Gasteiger partial charge in [0.2, 0.25) is 0 Å². The first kappa shape index (κ1) is 13.5. The van der Waals surface area contributed by atoms with Gasteiger partial charge in [0.25, 0.3) is 5.91 Å². The van der Waals surface area contributed by atoms with Crippen LogP contribution in [0.3, 0.4) is 0 Å². The zero-order chi connectivity index (χ0) is 14.7. The van der Waals surface area contributed by atoms with Crippen LogP contribution in [0.15, 0.2) is 48.7 Å². The number of rotatable bonds is 4. The first-order valence-electron chi connectivity index (χ1n) is 6.33. The van der Waals surface area contributed by atoms with Crippen molar-refractivity contribution in [1.29, 1.82) is 0 Å². The topological polar surface area (TPSA) is 67.0 Å². The van der Waals surface area contributed by atoms with E-state index in [1.807, 2.05) is 12.1 Å². The molecule has 3 aromatic rings. The number of aromatic nitrogens is 2. The normalized spacial score (nSPS) is 10.5. The average Bonchev–Trinajstić information content (AvgIpc) is 2.94. The van der Waals surface area contributed by atoms with Crippen molar-refractivity contribution in [3.8, 4) is 5.75 Å². The van der Waals surface area contributed by atoms with Crippen LogP contribution in [0.4, 0.5) is 5.69 Å². The van der Waals surface area contributed by atoms with Crippen LogP contribution in [-0.2, 0) is 4.79 Å². The van der Waals surface area contributed by atoms with E-state index in [-0.39, 0.29) is 12.5 Å². The summed E-state index contributed by atoms with van der Waals surface area (Å²) in [5.74, 6) is 0.234. The van der Waals surface area contributed by atoms with Crippen molar-refractivity contribution < 1.29 is 9.53 Å². The molecule has 0 fully saturated rings. The third-order valence-electron chi connectivity index (χ3n) is 2.92. The molecule has 5 nitrogen and oxygen atoms in total. The maximum absolute atomic E-state index is 11.9. The highest BCUT2D eigenvalue weighted by Crippen LogP contribution is 2.23. The maximum Gasteiger partial charge on any atom is 0.262 e. The summed E-state index contributed by atoms with van der Waals surface area (Å²) >= 11 is 5.95. The van der Waals surface area contributed by atoms with Crippen molar-refractivity contribution >= 4 is 34.1 Å². The van der Waals surface area contributed by atoms with E-state index in [2.05, 4.69) is 15.5 Å². The number of para-hydroxylation sites is 1. The van der Waals surface area contributed by atoms with Gasteiger partial charge in [0.15, 0.2) is 6.61 Å². The fourth-order valence-electron chi connectivity index (χ4n) is 1.92. The molecule has 0 aliphatic heterocycles. The maximum atomic E-state index is 11.9. The number of fused-ring (bicyclic) bond motifs is 1. The fourth-order valence-corrected chi connectivity index (χ4v) is 2.11. The summed E-state index contributed by atoms with van der Waals surface area (Å²) in [6.45, 7) is -0.104. The van der Waals surface area contributed by atoms with Crippen molar-refractivity contribution in [2.75, 3.05) is 11.9 Å². The number of hydrogen-bond donors (Lipinski definition) is 2. The van der Waals surface area contributed by atoms with Crippen LogP contribution in [0.5, 0.6) is 5.75 Å². The highest BCUT2D eigenvalue weighted by Gasteiger charge is 2.06. The minimum Gasteiger partial charge on any atom is -0.482 e. The van der Waals surface area contributed by atoms with E-state index < -0.39 is 0 Å². The number of halogens is 1. The molecule has 2 aromatic carbocycles. The molecule has 0 spiro atoms. The Kier molecular flexibility index (Phi) is 3.75. The number of amides is 1. The first-order valence-corrected chi connectivity index (χ1v) is 6.70. The van der Waals surface area contributed by atoms with Crippen LogP contribution >= 0.6 is 11.6 Å². The standard InChI is InChI=1S/C15H12ClN3O2/c16-12-3-1-2-4-14(12)21-9-15(20)18-11-5-6-13-10(7-11)8-17-19-13/h1-8H,9H2,(H,17,19)(H,18,20). The van der Waals surface area contributed by atoms with Crippen LogP contribution in [-0.4, -0.2) is 22.7 Å². The molecule has 0 saturated heterocycles. The van der Waals surface area contributed by atoms with E-state index in [1.54, 1.807) is 36.5 Å². The molecule has 0 radical (unpaired) electrons. The highest BCUT2D eigenvalue weighted by molar-refractivity contribution is 6.32. The fraction of sp³-hybridized carbons (Fsp3) is 0.0667. The molecule has 21 heavy (non-hydrogen) atoms. The largest absolute Gasteiger partial charge is 0.482 e. The molecule has 2 N–H and O–H groups in total. The van der Waals surface area contributed by atoms with Gasteiger partial charge in [-0.05, 0) is 30.3 Å². The van der Waals surface area contributed by atoms with E-state index in [4.69, 9.17) is 16.3 Å². The van der Waals surface area contributed by atoms with Gasteiger partial charge < -0.3 is 10.1 Å². The molecular formula is C15H12ClN3O2. The average molecular weight is 302 g/mol. The van der Waals surface area contributed by atoms with Crippen LogP contribution in [0.2, 0.25) is 5.02 Å². The quantitative estimate of drug-likeness (QED) is 0.777. The van der Waals surface area contributed by atoms with E-state index in [0.717, 1.165) is 10.9 Å². The zero-order valence-corrected chi connectivity index (χ0v) is 11.7. The summed E-state index contributed by atoms with van der Waals surface area (Å²) in [4.78, 5) is 11.9. The Morgan fingerprint density at radius 1 is 1.29 bits per heavy atom. The summed E-state index contributed by atoms with van der Waals surface area (Å²) in [6.07, 6.45) is 1.70. The number of anilines is 1. The minimum atomic E-state index is -0.252. The van der Waals surface area contributed by atoms with E-state index in [1.165, 1.54) is 0 Å². The van der Waals surface area contributed by atoms with Crippen molar-refractivity contribution in [2.45, 2.75) is 0 Å². The number of ether oxygens (including phenoxy) is 1. The Labute approximate surface area is 125 Å². The number of carbonyl (C=O) groups excluding carboxylic acids is 1. The Bertz CT molecular complexity index is 785. The van der Waals surface area contributed by atoms with Gasteiger partial charge in [-0.1, -0.05) is 23.7 Å². The van der Waals surface area contributed by atoms with Crippen LogP contribution in [0.1, 0.15) is 0 Å². The van der Waals surface area contributed by atoms with Gasteiger partial charge in [-0.3, -0.25) is 9.89 Å². The molecule has 0 aliphatic carbocycles. The predicted molar refractivity (Wildman–Crippen MR) is 81.7 cm³/mol. The molecule has 0 atom stereocenters. The molecule has 3 rings (SSSR count). The Morgan fingerprint density at radius 2 is 2.14 bits per heavy atom. The lowest BCUT2D eigenvalue weighted by atomic mass is 10.2. The molecule has 106 valence electrons. The number of nitrogens with one attached hydrogen (secondary N) is 2. The number of benzene rings is 2. The Balaban J connectivity index is 1.62. The predicted octanol–water partition coefficient (Wildman–Crippen LogP) is 3.23. The first-order chi connectivity index (χ1) is 10.2. The van der Waals surface area contributed by atoms with Crippen molar-refractivity contribution in [3.05, 3.63) is 53.7 Å². The molecule has 1 heterocycles. The van der Waals surface area contributed by atoms with E-state index >= 15 is 0 Å². The van der Waals surface area contributed by atoms with Gasteiger partial charge in [0.1, 0.15) is 5.75 Å². The smallest absolute Gasteiger partial charge is 0.262 e. The molecular weight excluding hydrogens is 290 g/mol. The summed E-state index contributed by atoms with van der Waals surface area (Å²) in [5, 5.41) is 11.0. The molecule has 1 amide bonds. The second-order valence-electron chi connectivity index (χ2n) is 4.44. The van der Waals surface area contributed by atoms with Crippen LogP contribution in [0, 0.1) is 0 Å². The highest BCUT2D eigenvalue weighted by atomic mass is 35.5. The number of aromatic amines is 1. The molecule has 1 aromatic heterocycles. The summed E-state index contributed by atoms with van der Waals surface area (Å²) in [5.41, 5.74) is 1.61. The third kappa shape index (κ3) is 3.14. The number of nitrogens with zero attached hydrogens (tertiary/aromatic N) is 1. The van der Waals surface area contributed by atoms with Crippen LogP contribution in [0.25, 0.3) is 10.9 Å². The van der Waals surface area contributed by atoms with Gasteiger partial charge >= 0.3 is 0 Å². The second-order valence-corrected chi connectivity index (χ2v) is 4.85.